The zero-order chi connectivity index (χ0) is 15.9. The molecule has 0 unspecified atom stereocenters. The molecule has 1 aliphatic rings. The number of carbonyl (C=O) groups excluding carboxylic acids is 2. The van der Waals surface area contributed by atoms with Crippen molar-refractivity contribution in [2.24, 2.45) is 4.99 Å². The molecule has 5 nitrogen and oxygen atoms in total. The molecule has 0 spiro atoms. The quantitative estimate of drug-likeness (QED) is 0.836. The minimum atomic E-state index is -0.361. The zero-order valence-electron chi connectivity index (χ0n) is 12.5. The molecule has 2 rings (SSSR count). The van der Waals surface area contributed by atoms with E-state index in [0.717, 1.165) is 16.7 Å². The third-order valence-corrected chi connectivity index (χ3v) is 4.88. The SMILES string of the molecule is CC(C)OC(=O)c1ccc(NC(=O)CSC2=NCCS2)cc1. The van der Waals surface area contributed by atoms with Crippen molar-refractivity contribution in [2.45, 2.75) is 20.0 Å². The Morgan fingerprint density at radius 1 is 1.36 bits per heavy atom. The average Bonchev–Trinajstić information content (AvgIpc) is 2.98. The van der Waals surface area contributed by atoms with Gasteiger partial charge in [-0.3, -0.25) is 9.79 Å². The van der Waals surface area contributed by atoms with Crippen molar-refractivity contribution < 1.29 is 14.3 Å². The number of nitrogens with zero attached hydrogens (tertiary/aromatic N) is 1. The van der Waals surface area contributed by atoms with Crippen LogP contribution in [0.25, 0.3) is 0 Å². The molecule has 7 heteroatoms. The van der Waals surface area contributed by atoms with Crippen molar-refractivity contribution in [3.8, 4) is 0 Å². The van der Waals surface area contributed by atoms with E-state index < -0.39 is 0 Å². The third kappa shape index (κ3) is 5.38. The molecule has 1 heterocycles. The first kappa shape index (κ1) is 16.9. The van der Waals surface area contributed by atoms with Crippen molar-refractivity contribution in [2.75, 3.05) is 23.4 Å². The maximum absolute atomic E-state index is 11.8. The molecule has 1 amide bonds. The van der Waals surface area contributed by atoms with E-state index in [-0.39, 0.29) is 18.0 Å². The molecule has 0 atom stereocenters. The molecule has 1 N–H and O–H groups in total. The Kier molecular flexibility index (Phi) is 6.33. The number of rotatable bonds is 5. The van der Waals surface area contributed by atoms with Gasteiger partial charge in [0, 0.05) is 11.4 Å². The summed E-state index contributed by atoms with van der Waals surface area (Å²) in [4.78, 5) is 27.8. The Morgan fingerprint density at radius 2 is 2.09 bits per heavy atom. The minimum Gasteiger partial charge on any atom is -0.459 e. The van der Waals surface area contributed by atoms with Gasteiger partial charge in [-0.25, -0.2) is 4.79 Å². The van der Waals surface area contributed by atoms with Gasteiger partial charge in [0.05, 0.1) is 24.0 Å². The lowest BCUT2D eigenvalue weighted by Gasteiger charge is -2.09. The maximum Gasteiger partial charge on any atom is 0.338 e. The Bertz CT molecular complexity index is 571. The summed E-state index contributed by atoms with van der Waals surface area (Å²) in [5, 5.41) is 2.80. The fourth-order valence-corrected chi connectivity index (χ4v) is 3.51. The molecular weight excluding hydrogens is 320 g/mol. The molecule has 0 aliphatic carbocycles. The Balaban J connectivity index is 1.82. The van der Waals surface area contributed by atoms with Crippen LogP contribution in [-0.2, 0) is 9.53 Å². The Hall–Kier alpha value is -1.47. The van der Waals surface area contributed by atoms with Crippen molar-refractivity contribution >= 4 is 45.5 Å². The molecule has 0 fully saturated rings. The molecule has 1 aromatic rings. The highest BCUT2D eigenvalue weighted by Gasteiger charge is 2.12. The standard InChI is InChI=1S/C15H18N2O3S2/c1-10(2)20-14(19)11-3-5-12(6-4-11)17-13(18)9-22-15-16-7-8-21-15/h3-6,10H,7-9H2,1-2H3,(H,17,18). The number of ether oxygens (including phenoxy) is 1. The number of nitrogens with one attached hydrogen (secondary N) is 1. The normalized spacial score (nSPS) is 13.9. The van der Waals surface area contributed by atoms with Crippen LogP contribution in [0, 0.1) is 0 Å². The van der Waals surface area contributed by atoms with Crippen LogP contribution in [0.2, 0.25) is 0 Å². The largest absolute Gasteiger partial charge is 0.459 e. The van der Waals surface area contributed by atoms with Crippen LogP contribution >= 0.6 is 23.5 Å². The highest BCUT2D eigenvalue weighted by atomic mass is 32.2. The number of esters is 1. The first-order valence-electron chi connectivity index (χ1n) is 6.95. The van der Waals surface area contributed by atoms with Crippen LogP contribution in [0.3, 0.4) is 0 Å². The van der Waals surface area contributed by atoms with Crippen molar-refractivity contribution in [1.82, 2.24) is 0 Å². The first-order valence-corrected chi connectivity index (χ1v) is 8.92. The van der Waals surface area contributed by atoms with E-state index in [1.165, 1.54) is 11.8 Å². The van der Waals surface area contributed by atoms with Gasteiger partial charge in [-0.15, -0.1) is 0 Å². The predicted molar refractivity (Wildman–Crippen MR) is 92.8 cm³/mol. The van der Waals surface area contributed by atoms with Crippen LogP contribution < -0.4 is 5.32 Å². The van der Waals surface area contributed by atoms with Gasteiger partial charge in [-0.2, -0.15) is 0 Å². The van der Waals surface area contributed by atoms with E-state index in [1.807, 2.05) is 0 Å². The highest BCUT2D eigenvalue weighted by molar-refractivity contribution is 8.39. The number of benzene rings is 1. The summed E-state index contributed by atoms with van der Waals surface area (Å²) in [6, 6.07) is 6.68. The van der Waals surface area contributed by atoms with Crippen molar-refractivity contribution in [3.63, 3.8) is 0 Å². The summed E-state index contributed by atoms with van der Waals surface area (Å²) in [7, 11) is 0. The van der Waals surface area contributed by atoms with Crippen LogP contribution in [0.5, 0.6) is 0 Å². The molecule has 0 saturated heterocycles. The molecular formula is C15H18N2O3S2. The number of hydrogen-bond donors (Lipinski definition) is 1. The number of anilines is 1. The number of aliphatic imine (C=N–C) groups is 1. The predicted octanol–water partition coefficient (Wildman–Crippen LogP) is 3.03. The molecule has 1 aromatic carbocycles. The molecule has 118 valence electrons. The number of thioether (sulfide) groups is 2. The first-order chi connectivity index (χ1) is 10.5. The van der Waals surface area contributed by atoms with E-state index in [1.54, 1.807) is 49.9 Å². The van der Waals surface area contributed by atoms with Gasteiger partial charge in [0.1, 0.15) is 4.38 Å². The lowest BCUT2D eigenvalue weighted by molar-refractivity contribution is -0.113. The fraction of sp³-hybridized carbons (Fsp3) is 0.400. The van der Waals surface area contributed by atoms with Gasteiger partial charge in [0.25, 0.3) is 0 Å². The second-order valence-corrected chi connectivity index (χ2v) is 7.17. The van der Waals surface area contributed by atoms with Gasteiger partial charge in [-0.1, -0.05) is 23.5 Å². The van der Waals surface area contributed by atoms with E-state index in [9.17, 15) is 9.59 Å². The summed E-state index contributed by atoms with van der Waals surface area (Å²) in [6.07, 6.45) is -0.153. The van der Waals surface area contributed by atoms with Crippen molar-refractivity contribution in [3.05, 3.63) is 29.8 Å². The number of amides is 1. The average molecular weight is 338 g/mol. The molecule has 0 saturated carbocycles. The van der Waals surface area contributed by atoms with E-state index in [0.29, 0.717) is 17.0 Å². The smallest absolute Gasteiger partial charge is 0.338 e. The highest BCUT2D eigenvalue weighted by Crippen LogP contribution is 2.22. The topological polar surface area (TPSA) is 67.8 Å². The van der Waals surface area contributed by atoms with Crippen LogP contribution in [0.15, 0.2) is 29.3 Å². The monoisotopic (exact) mass is 338 g/mol. The Labute approximate surface area is 138 Å². The summed E-state index contributed by atoms with van der Waals surface area (Å²) in [5.74, 6) is 0.887. The van der Waals surface area contributed by atoms with Gasteiger partial charge in [-0.05, 0) is 38.1 Å². The molecule has 0 bridgehead atoms. The molecule has 0 aromatic heterocycles. The van der Waals surface area contributed by atoms with E-state index >= 15 is 0 Å². The third-order valence-electron chi connectivity index (χ3n) is 2.63. The Morgan fingerprint density at radius 3 is 2.68 bits per heavy atom. The van der Waals surface area contributed by atoms with E-state index in [2.05, 4.69) is 10.3 Å². The van der Waals surface area contributed by atoms with E-state index in [4.69, 9.17) is 4.74 Å². The molecule has 0 radical (unpaired) electrons. The lowest BCUT2D eigenvalue weighted by Crippen LogP contribution is -2.15. The summed E-state index contributed by atoms with van der Waals surface area (Å²) in [6.45, 7) is 4.44. The maximum atomic E-state index is 11.8. The number of hydrogen-bond acceptors (Lipinski definition) is 6. The van der Waals surface area contributed by atoms with Gasteiger partial charge < -0.3 is 10.1 Å². The fourth-order valence-electron chi connectivity index (χ4n) is 1.70. The van der Waals surface area contributed by atoms with Crippen molar-refractivity contribution in [1.29, 1.82) is 0 Å². The van der Waals surface area contributed by atoms with Crippen LogP contribution in [-0.4, -0.2) is 40.4 Å². The van der Waals surface area contributed by atoms with Gasteiger partial charge in [0.2, 0.25) is 5.91 Å². The van der Waals surface area contributed by atoms with Crippen LogP contribution in [0.1, 0.15) is 24.2 Å². The molecule has 1 aliphatic heterocycles. The second-order valence-electron chi connectivity index (χ2n) is 4.86. The zero-order valence-corrected chi connectivity index (χ0v) is 14.1. The second kappa shape index (κ2) is 8.24. The van der Waals surface area contributed by atoms with Crippen LogP contribution in [0.4, 0.5) is 5.69 Å². The summed E-state index contributed by atoms with van der Waals surface area (Å²) >= 11 is 3.14. The number of carbonyl (C=O) groups is 2. The summed E-state index contributed by atoms with van der Waals surface area (Å²) in [5.41, 5.74) is 1.13. The molecule has 22 heavy (non-hydrogen) atoms. The lowest BCUT2D eigenvalue weighted by atomic mass is 10.2. The minimum absolute atomic E-state index is 0.0855. The summed E-state index contributed by atoms with van der Waals surface area (Å²) < 4.78 is 6.08. The van der Waals surface area contributed by atoms with Gasteiger partial charge in [0.15, 0.2) is 0 Å². The van der Waals surface area contributed by atoms with Gasteiger partial charge >= 0.3 is 5.97 Å².